The van der Waals surface area contributed by atoms with Gasteiger partial charge in [0.1, 0.15) is 5.75 Å². The molecule has 0 saturated carbocycles. The second-order valence-corrected chi connectivity index (χ2v) is 5.02. The van der Waals surface area contributed by atoms with E-state index in [0.29, 0.717) is 5.75 Å². The maximum atomic E-state index is 11.6. The van der Waals surface area contributed by atoms with Crippen LogP contribution in [0.1, 0.15) is 0 Å². The van der Waals surface area contributed by atoms with Gasteiger partial charge in [0.05, 0.1) is 17.7 Å². The van der Waals surface area contributed by atoms with Crippen molar-refractivity contribution in [3.05, 3.63) is 40.9 Å². The highest BCUT2D eigenvalue weighted by atomic mass is 79.9. The lowest BCUT2D eigenvalue weighted by atomic mass is 10.3. The zero-order valence-corrected chi connectivity index (χ0v) is 12.1. The van der Waals surface area contributed by atoms with E-state index in [0.717, 1.165) is 37.3 Å². The van der Waals surface area contributed by atoms with Gasteiger partial charge in [-0.05, 0) is 28.1 Å². The number of hydrogen-bond acceptors (Lipinski definition) is 4. The molecule has 19 heavy (non-hydrogen) atoms. The maximum Gasteiger partial charge on any atom is 0.335 e. The van der Waals surface area contributed by atoms with Crippen molar-refractivity contribution in [2.45, 2.75) is 0 Å². The third-order valence-electron chi connectivity index (χ3n) is 2.77. The number of para-hydroxylation sites is 1. The van der Waals surface area contributed by atoms with Gasteiger partial charge in [-0.2, -0.15) is 0 Å². The molecule has 1 saturated heterocycles. The van der Waals surface area contributed by atoms with Crippen molar-refractivity contribution in [1.29, 1.82) is 0 Å². The molecule has 0 bridgehead atoms. The summed E-state index contributed by atoms with van der Waals surface area (Å²) in [5.74, 6) is 0.170. The lowest BCUT2D eigenvalue weighted by molar-refractivity contribution is -0.129. The summed E-state index contributed by atoms with van der Waals surface area (Å²) in [4.78, 5) is 13.9. The van der Waals surface area contributed by atoms with E-state index in [1.54, 1.807) is 6.07 Å². The van der Waals surface area contributed by atoms with Gasteiger partial charge < -0.3 is 9.47 Å². The molecule has 0 spiro atoms. The first-order valence-corrected chi connectivity index (χ1v) is 6.98. The van der Waals surface area contributed by atoms with Crippen molar-refractivity contribution in [2.24, 2.45) is 0 Å². The van der Waals surface area contributed by atoms with Crippen LogP contribution in [0.3, 0.4) is 0 Å². The number of hydrogen-bond donors (Lipinski definition) is 0. The highest BCUT2D eigenvalue weighted by molar-refractivity contribution is 9.10. The number of carbonyl (C=O) groups excluding carboxylic acids is 1. The number of carbonyl (C=O) groups is 1. The van der Waals surface area contributed by atoms with E-state index < -0.39 is 0 Å². The molecular formula is C14H16BrNO3. The summed E-state index contributed by atoms with van der Waals surface area (Å²) in [6.07, 6.45) is 3.29. The van der Waals surface area contributed by atoms with E-state index in [9.17, 15) is 4.79 Å². The Morgan fingerprint density at radius 2 is 2.11 bits per heavy atom. The van der Waals surface area contributed by atoms with Gasteiger partial charge >= 0.3 is 5.97 Å². The Balaban J connectivity index is 1.79. The Morgan fingerprint density at radius 1 is 1.37 bits per heavy atom. The van der Waals surface area contributed by atoms with Gasteiger partial charge in [-0.25, -0.2) is 4.79 Å². The molecule has 0 N–H and O–H groups in total. The van der Waals surface area contributed by atoms with E-state index in [-0.39, 0.29) is 5.97 Å². The minimum Gasteiger partial charge on any atom is -0.422 e. The summed E-state index contributed by atoms with van der Waals surface area (Å²) in [5, 5.41) is 0. The van der Waals surface area contributed by atoms with E-state index >= 15 is 0 Å². The standard InChI is InChI=1S/C14H16BrNO3/c15-12-4-1-2-5-13(12)19-14(17)6-3-7-16-8-10-18-11-9-16/h1-6H,7-11H2. The van der Waals surface area contributed by atoms with Crippen LogP contribution in [0.5, 0.6) is 5.75 Å². The van der Waals surface area contributed by atoms with Crippen LogP contribution in [0.15, 0.2) is 40.9 Å². The zero-order chi connectivity index (χ0) is 13.5. The van der Waals surface area contributed by atoms with Crippen LogP contribution in [-0.2, 0) is 9.53 Å². The Hall–Kier alpha value is -1.17. The maximum absolute atomic E-state index is 11.6. The largest absolute Gasteiger partial charge is 0.422 e. The van der Waals surface area contributed by atoms with Crippen LogP contribution in [0.4, 0.5) is 0 Å². The molecule has 0 aliphatic carbocycles. The summed E-state index contributed by atoms with van der Waals surface area (Å²) in [6, 6.07) is 7.28. The van der Waals surface area contributed by atoms with Crippen LogP contribution in [0.25, 0.3) is 0 Å². The van der Waals surface area contributed by atoms with Crippen molar-refractivity contribution >= 4 is 21.9 Å². The van der Waals surface area contributed by atoms with Crippen molar-refractivity contribution in [1.82, 2.24) is 4.90 Å². The number of benzene rings is 1. The molecule has 0 atom stereocenters. The van der Waals surface area contributed by atoms with Gasteiger partial charge in [0.25, 0.3) is 0 Å². The third-order valence-corrected chi connectivity index (χ3v) is 3.42. The predicted molar refractivity (Wildman–Crippen MR) is 76.2 cm³/mol. The molecule has 1 aliphatic rings. The molecular weight excluding hydrogens is 310 g/mol. The number of halogens is 1. The second kappa shape index (κ2) is 7.43. The molecule has 1 aromatic rings. The molecule has 1 heterocycles. The quantitative estimate of drug-likeness (QED) is 0.483. The highest BCUT2D eigenvalue weighted by Gasteiger charge is 2.08. The number of esters is 1. The monoisotopic (exact) mass is 325 g/mol. The van der Waals surface area contributed by atoms with Crippen molar-refractivity contribution < 1.29 is 14.3 Å². The molecule has 0 unspecified atom stereocenters. The molecule has 4 nitrogen and oxygen atoms in total. The summed E-state index contributed by atoms with van der Waals surface area (Å²) in [6.45, 7) is 4.08. The van der Waals surface area contributed by atoms with E-state index in [1.165, 1.54) is 6.08 Å². The Morgan fingerprint density at radius 3 is 2.84 bits per heavy atom. The summed E-state index contributed by atoms with van der Waals surface area (Å²) >= 11 is 3.33. The SMILES string of the molecule is O=C(C=CCN1CCOCC1)Oc1ccccc1Br. The molecule has 5 heteroatoms. The predicted octanol–water partition coefficient (Wildman–Crippen LogP) is 2.24. The van der Waals surface area contributed by atoms with Crippen LogP contribution >= 0.6 is 15.9 Å². The minimum absolute atomic E-state index is 0.361. The molecule has 0 amide bonds. The molecule has 2 rings (SSSR count). The van der Waals surface area contributed by atoms with Gasteiger partial charge in [-0.3, -0.25) is 4.90 Å². The summed E-state index contributed by atoms with van der Waals surface area (Å²) < 4.78 is 11.2. The number of nitrogens with zero attached hydrogens (tertiary/aromatic N) is 1. The smallest absolute Gasteiger partial charge is 0.335 e. The van der Waals surface area contributed by atoms with Gasteiger partial charge in [0.15, 0.2) is 0 Å². The third kappa shape index (κ3) is 4.78. The fourth-order valence-electron chi connectivity index (χ4n) is 1.75. The topological polar surface area (TPSA) is 38.8 Å². The van der Waals surface area contributed by atoms with E-state index in [2.05, 4.69) is 20.8 Å². The van der Waals surface area contributed by atoms with Crippen LogP contribution in [0, 0.1) is 0 Å². The summed E-state index contributed by atoms with van der Waals surface area (Å²) in [5.41, 5.74) is 0. The average Bonchev–Trinajstić information content (AvgIpc) is 2.43. The normalized spacial score (nSPS) is 16.7. The molecule has 0 radical (unpaired) electrons. The molecule has 1 aromatic carbocycles. The van der Waals surface area contributed by atoms with E-state index in [4.69, 9.17) is 9.47 Å². The molecule has 1 fully saturated rings. The minimum atomic E-state index is -0.361. The first-order valence-electron chi connectivity index (χ1n) is 6.18. The Kier molecular flexibility index (Phi) is 5.57. The van der Waals surface area contributed by atoms with Gasteiger partial charge in [-0.15, -0.1) is 0 Å². The lowest BCUT2D eigenvalue weighted by Gasteiger charge is -2.24. The number of morpholine rings is 1. The second-order valence-electron chi connectivity index (χ2n) is 4.17. The average molecular weight is 326 g/mol. The molecule has 102 valence electrons. The Labute approximate surface area is 121 Å². The lowest BCUT2D eigenvalue weighted by Crippen LogP contribution is -2.36. The van der Waals surface area contributed by atoms with Gasteiger partial charge in [-0.1, -0.05) is 18.2 Å². The number of rotatable bonds is 4. The first kappa shape index (κ1) is 14.2. The van der Waals surface area contributed by atoms with Crippen molar-refractivity contribution in [3.8, 4) is 5.75 Å². The molecule has 0 aromatic heterocycles. The first-order chi connectivity index (χ1) is 9.25. The van der Waals surface area contributed by atoms with Crippen molar-refractivity contribution in [3.63, 3.8) is 0 Å². The summed E-state index contributed by atoms with van der Waals surface area (Å²) in [7, 11) is 0. The number of ether oxygens (including phenoxy) is 2. The van der Waals surface area contributed by atoms with Crippen LogP contribution in [0.2, 0.25) is 0 Å². The highest BCUT2D eigenvalue weighted by Crippen LogP contribution is 2.23. The van der Waals surface area contributed by atoms with Crippen LogP contribution < -0.4 is 4.74 Å². The fraction of sp³-hybridized carbons (Fsp3) is 0.357. The molecule has 1 aliphatic heterocycles. The van der Waals surface area contributed by atoms with Gasteiger partial charge in [0.2, 0.25) is 0 Å². The van der Waals surface area contributed by atoms with E-state index in [1.807, 2.05) is 24.3 Å². The zero-order valence-electron chi connectivity index (χ0n) is 10.5. The van der Waals surface area contributed by atoms with Crippen LogP contribution in [-0.4, -0.2) is 43.7 Å². The Bertz CT molecular complexity index is 456. The van der Waals surface area contributed by atoms with Gasteiger partial charge in [0, 0.05) is 25.7 Å². The van der Waals surface area contributed by atoms with Crippen molar-refractivity contribution in [2.75, 3.05) is 32.8 Å². The fourth-order valence-corrected chi connectivity index (χ4v) is 2.12.